The summed E-state index contributed by atoms with van der Waals surface area (Å²) in [5.41, 5.74) is 0.531. The molecule has 1 atom stereocenters. The molecule has 0 aromatic heterocycles. The Bertz CT molecular complexity index is 884. The first-order chi connectivity index (χ1) is 13.9. The summed E-state index contributed by atoms with van der Waals surface area (Å²) in [4.78, 5) is 23.2. The molecule has 1 aliphatic heterocycles. The Hall–Kier alpha value is -2.84. The molecule has 1 saturated heterocycles. The standard InChI is InChI=1S/C21H24FN3O4/c1-15(20(26)24-18-7-2-3-8-19(18)25(27)28)23-14-21(9-11-29-12-10-21)16-5-4-6-17(22)13-16/h2-8,13,15,23H,9-12,14H2,1H3,(H,24,26). The molecule has 154 valence electrons. The maximum absolute atomic E-state index is 13.8. The molecule has 0 aliphatic carbocycles. The molecule has 1 fully saturated rings. The summed E-state index contributed by atoms with van der Waals surface area (Å²) < 4.78 is 19.3. The number of benzene rings is 2. The van der Waals surface area contributed by atoms with Crippen molar-refractivity contribution >= 4 is 17.3 Å². The molecule has 3 rings (SSSR count). The number of ether oxygens (including phenoxy) is 1. The topological polar surface area (TPSA) is 93.5 Å². The van der Waals surface area contributed by atoms with Gasteiger partial charge in [0, 0.05) is 31.2 Å². The van der Waals surface area contributed by atoms with Crippen LogP contribution in [-0.2, 0) is 14.9 Å². The molecule has 8 heteroatoms. The molecule has 1 heterocycles. The molecular formula is C21H24FN3O4. The van der Waals surface area contributed by atoms with Gasteiger partial charge in [0.1, 0.15) is 11.5 Å². The van der Waals surface area contributed by atoms with Crippen LogP contribution in [0.3, 0.4) is 0 Å². The molecule has 2 N–H and O–H groups in total. The Labute approximate surface area is 168 Å². The number of nitro groups is 1. The minimum absolute atomic E-state index is 0.155. The summed E-state index contributed by atoms with van der Waals surface area (Å²) >= 11 is 0. The number of amides is 1. The minimum atomic E-state index is -0.594. The third-order valence-electron chi connectivity index (χ3n) is 5.39. The maximum Gasteiger partial charge on any atom is 0.292 e. The average molecular weight is 401 g/mol. The third kappa shape index (κ3) is 4.96. The van der Waals surface area contributed by atoms with Crippen LogP contribution in [0.25, 0.3) is 0 Å². The van der Waals surface area contributed by atoms with E-state index in [1.807, 2.05) is 6.07 Å². The number of nitrogens with one attached hydrogen (secondary N) is 2. The molecule has 0 bridgehead atoms. The van der Waals surface area contributed by atoms with Crippen LogP contribution < -0.4 is 10.6 Å². The summed E-state index contributed by atoms with van der Waals surface area (Å²) in [6, 6.07) is 11.9. The molecule has 7 nitrogen and oxygen atoms in total. The van der Waals surface area contributed by atoms with E-state index in [4.69, 9.17) is 4.74 Å². The van der Waals surface area contributed by atoms with Crippen LogP contribution in [-0.4, -0.2) is 36.6 Å². The van der Waals surface area contributed by atoms with Crippen molar-refractivity contribution in [3.05, 3.63) is 70.0 Å². The van der Waals surface area contributed by atoms with Gasteiger partial charge in [0.15, 0.2) is 0 Å². The predicted octanol–water partition coefficient (Wildman–Crippen LogP) is 3.40. The van der Waals surface area contributed by atoms with Crippen LogP contribution in [0.4, 0.5) is 15.8 Å². The summed E-state index contributed by atoms with van der Waals surface area (Å²) in [6.07, 6.45) is 1.42. The second-order valence-corrected chi connectivity index (χ2v) is 7.27. The van der Waals surface area contributed by atoms with Gasteiger partial charge in [0.05, 0.1) is 11.0 Å². The van der Waals surface area contributed by atoms with E-state index in [1.54, 1.807) is 25.1 Å². The highest BCUT2D eigenvalue weighted by Crippen LogP contribution is 2.34. The van der Waals surface area contributed by atoms with Crippen LogP contribution in [0.1, 0.15) is 25.3 Å². The minimum Gasteiger partial charge on any atom is -0.381 e. The quantitative estimate of drug-likeness (QED) is 0.548. The van der Waals surface area contributed by atoms with Crippen LogP contribution in [0.5, 0.6) is 0 Å². The van der Waals surface area contributed by atoms with E-state index in [-0.39, 0.29) is 28.5 Å². The molecular weight excluding hydrogens is 377 g/mol. The van der Waals surface area contributed by atoms with Gasteiger partial charge in [-0.2, -0.15) is 0 Å². The van der Waals surface area contributed by atoms with Crippen LogP contribution in [0.2, 0.25) is 0 Å². The van der Waals surface area contributed by atoms with E-state index in [0.717, 1.165) is 5.56 Å². The van der Waals surface area contributed by atoms with E-state index < -0.39 is 11.0 Å². The van der Waals surface area contributed by atoms with E-state index in [1.165, 1.54) is 24.3 Å². The largest absolute Gasteiger partial charge is 0.381 e. The van der Waals surface area contributed by atoms with E-state index in [2.05, 4.69) is 10.6 Å². The van der Waals surface area contributed by atoms with Gasteiger partial charge in [-0.3, -0.25) is 14.9 Å². The smallest absolute Gasteiger partial charge is 0.292 e. The molecule has 2 aromatic rings. The zero-order chi connectivity index (χ0) is 20.9. The van der Waals surface area contributed by atoms with Gasteiger partial charge in [0.2, 0.25) is 5.91 Å². The van der Waals surface area contributed by atoms with Gasteiger partial charge >= 0.3 is 0 Å². The van der Waals surface area contributed by atoms with Crippen LogP contribution >= 0.6 is 0 Å². The molecule has 1 amide bonds. The normalized spacial score (nSPS) is 16.8. The second kappa shape index (κ2) is 9.11. The molecule has 1 unspecified atom stereocenters. The highest BCUT2D eigenvalue weighted by Gasteiger charge is 2.35. The zero-order valence-electron chi connectivity index (χ0n) is 16.2. The lowest BCUT2D eigenvalue weighted by atomic mass is 9.74. The number of nitrogens with zero attached hydrogens (tertiary/aromatic N) is 1. The lowest BCUT2D eigenvalue weighted by molar-refractivity contribution is -0.383. The van der Waals surface area contributed by atoms with Gasteiger partial charge < -0.3 is 15.4 Å². The van der Waals surface area contributed by atoms with Gasteiger partial charge in [-0.15, -0.1) is 0 Å². The van der Waals surface area contributed by atoms with Crippen molar-refractivity contribution in [2.45, 2.75) is 31.2 Å². The lowest BCUT2D eigenvalue weighted by Gasteiger charge is -2.38. The first-order valence-corrected chi connectivity index (χ1v) is 9.53. The zero-order valence-corrected chi connectivity index (χ0v) is 16.2. The number of hydrogen-bond acceptors (Lipinski definition) is 5. The van der Waals surface area contributed by atoms with Gasteiger partial charge in [-0.25, -0.2) is 4.39 Å². The second-order valence-electron chi connectivity index (χ2n) is 7.27. The molecule has 2 aromatic carbocycles. The third-order valence-corrected chi connectivity index (χ3v) is 5.39. The summed E-state index contributed by atoms with van der Waals surface area (Å²) in [5, 5.41) is 17.0. The molecule has 29 heavy (non-hydrogen) atoms. The SMILES string of the molecule is CC(NCC1(c2cccc(F)c2)CCOCC1)C(=O)Nc1ccccc1[N+](=O)[O-]. The number of halogens is 1. The maximum atomic E-state index is 13.8. The van der Waals surface area contributed by atoms with Gasteiger partial charge in [-0.1, -0.05) is 24.3 Å². The molecule has 0 radical (unpaired) electrons. The first kappa shape index (κ1) is 20.9. The van der Waals surface area contributed by atoms with Crippen molar-refractivity contribution < 1.29 is 18.8 Å². The van der Waals surface area contributed by atoms with E-state index in [9.17, 15) is 19.3 Å². The fourth-order valence-corrected chi connectivity index (χ4v) is 3.57. The van der Waals surface area contributed by atoms with Crippen molar-refractivity contribution in [1.29, 1.82) is 0 Å². The van der Waals surface area contributed by atoms with Crippen LogP contribution in [0.15, 0.2) is 48.5 Å². The highest BCUT2D eigenvalue weighted by atomic mass is 19.1. The summed E-state index contributed by atoms with van der Waals surface area (Å²) in [5.74, 6) is -0.670. The Morgan fingerprint density at radius 2 is 1.97 bits per heavy atom. The predicted molar refractivity (Wildman–Crippen MR) is 107 cm³/mol. The number of carbonyl (C=O) groups excluding carboxylic acids is 1. The Morgan fingerprint density at radius 1 is 1.24 bits per heavy atom. The van der Waals surface area contributed by atoms with Crippen molar-refractivity contribution in [3.8, 4) is 0 Å². The van der Waals surface area contributed by atoms with Crippen molar-refractivity contribution in [2.75, 3.05) is 25.1 Å². The van der Waals surface area contributed by atoms with Crippen molar-refractivity contribution in [2.24, 2.45) is 0 Å². The number of nitro benzene ring substituents is 1. The number of carbonyl (C=O) groups is 1. The monoisotopic (exact) mass is 401 g/mol. The average Bonchev–Trinajstić information content (AvgIpc) is 2.73. The summed E-state index contributed by atoms with van der Waals surface area (Å²) in [6.45, 7) is 3.29. The number of para-hydroxylation sites is 2. The molecule has 0 saturated carbocycles. The van der Waals surface area contributed by atoms with Crippen LogP contribution in [0, 0.1) is 15.9 Å². The number of hydrogen-bond donors (Lipinski definition) is 2. The van der Waals surface area contributed by atoms with Gasteiger partial charge in [0.25, 0.3) is 5.69 Å². The fraction of sp³-hybridized carbons (Fsp3) is 0.381. The van der Waals surface area contributed by atoms with E-state index >= 15 is 0 Å². The van der Waals surface area contributed by atoms with Gasteiger partial charge in [-0.05, 0) is 43.5 Å². The Kier molecular flexibility index (Phi) is 6.56. The number of rotatable bonds is 7. The first-order valence-electron chi connectivity index (χ1n) is 9.53. The van der Waals surface area contributed by atoms with Crippen molar-refractivity contribution in [1.82, 2.24) is 5.32 Å². The highest BCUT2D eigenvalue weighted by molar-refractivity contribution is 5.96. The van der Waals surface area contributed by atoms with E-state index in [0.29, 0.717) is 32.6 Å². The lowest BCUT2D eigenvalue weighted by Crippen LogP contribution is -2.48. The number of anilines is 1. The fourth-order valence-electron chi connectivity index (χ4n) is 3.57. The van der Waals surface area contributed by atoms with Crippen molar-refractivity contribution in [3.63, 3.8) is 0 Å². The molecule has 1 aliphatic rings. The molecule has 0 spiro atoms. The Morgan fingerprint density at radius 3 is 2.66 bits per heavy atom. The summed E-state index contributed by atoms with van der Waals surface area (Å²) in [7, 11) is 0. The Balaban J connectivity index is 1.70.